The van der Waals surface area contributed by atoms with Crippen molar-refractivity contribution < 1.29 is 14.7 Å². The number of rotatable bonds is 4. The van der Waals surface area contributed by atoms with Crippen LogP contribution in [-0.4, -0.2) is 46.6 Å². The number of nitrogens with zero attached hydrogens (tertiary/aromatic N) is 1. The van der Waals surface area contributed by atoms with Crippen molar-refractivity contribution in [2.24, 2.45) is 5.41 Å². The van der Waals surface area contributed by atoms with Gasteiger partial charge in [-0.3, -0.25) is 4.79 Å². The second-order valence-corrected chi connectivity index (χ2v) is 6.42. The third-order valence-corrected chi connectivity index (χ3v) is 4.58. The summed E-state index contributed by atoms with van der Waals surface area (Å²) in [5, 5.41) is 13.2. The summed E-state index contributed by atoms with van der Waals surface area (Å²) in [4.78, 5) is 28.1. The third-order valence-electron chi connectivity index (χ3n) is 4.58. The number of fused-ring (bicyclic) bond motifs is 1. The molecule has 3 rings (SSSR count). The molecule has 1 atom stereocenters. The summed E-state index contributed by atoms with van der Waals surface area (Å²) >= 11 is 0. The van der Waals surface area contributed by atoms with E-state index in [1.54, 1.807) is 11.8 Å². The molecule has 1 aliphatic heterocycles. The number of carboxylic acids is 1. The number of aliphatic carboxylic acids is 1. The number of hydrogen-bond acceptors (Lipinski definition) is 2. The van der Waals surface area contributed by atoms with Crippen LogP contribution in [0.4, 0.5) is 4.79 Å². The fraction of sp³-hybridized carbons (Fsp3) is 0.412. The number of aromatic amines is 1. The average Bonchev–Trinajstić information content (AvgIpc) is 3.14. The lowest BCUT2D eigenvalue weighted by Gasteiger charge is -2.20. The Labute approximate surface area is 134 Å². The smallest absolute Gasteiger partial charge is 0.317 e. The molecule has 0 bridgehead atoms. The fourth-order valence-corrected chi connectivity index (χ4v) is 2.99. The second kappa shape index (κ2) is 5.95. The minimum atomic E-state index is -0.840. The Bertz CT molecular complexity index is 740. The Balaban J connectivity index is 1.50. The number of aromatic nitrogens is 1. The maximum Gasteiger partial charge on any atom is 0.317 e. The number of benzene rings is 1. The lowest BCUT2D eigenvalue weighted by atomic mass is 9.90. The Morgan fingerprint density at radius 2 is 2.22 bits per heavy atom. The van der Waals surface area contributed by atoms with Gasteiger partial charge in [-0.15, -0.1) is 0 Å². The predicted molar refractivity (Wildman–Crippen MR) is 87.3 cm³/mol. The largest absolute Gasteiger partial charge is 0.481 e. The summed E-state index contributed by atoms with van der Waals surface area (Å²) in [5.41, 5.74) is 1.44. The van der Waals surface area contributed by atoms with E-state index in [9.17, 15) is 14.7 Å². The predicted octanol–water partition coefficient (Wildman–Crippen LogP) is 2.22. The zero-order valence-corrected chi connectivity index (χ0v) is 13.1. The van der Waals surface area contributed by atoms with Crippen molar-refractivity contribution in [3.05, 3.63) is 36.0 Å². The molecule has 1 saturated heterocycles. The average molecular weight is 315 g/mol. The van der Waals surface area contributed by atoms with Crippen LogP contribution in [0.3, 0.4) is 0 Å². The van der Waals surface area contributed by atoms with Crippen LogP contribution in [0.25, 0.3) is 10.9 Å². The Morgan fingerprint density at radius 3 is 2.96 bits per heavy atom. The first kappa shape index (κ1) is 15.4. The molecule has 1 fully saturated rings. The van der Waals surface area contributed by atoms with E-state index >= 15 is 0 Å². The Kier molecular flexibility index (Phi) is 3.98. The highest BCUT2D eigenvalue weighted by molar-refractivity contribution is 5.80. The molecule has 1 aliphatic rings. The lowest BCUT2D eigenvalue weighted by Crippen LogP contribution is -2.41. The first-order valence-electron chi connectivity index (χ1n) is 7.80. The van der Waals surface area contributed by atoms with Gasteiger partial charge in [0.05, 0.1) is 5.41 Å². The number of carbonyl (C=O) groups is 2. The fourth-order valence-electron chi connectivity index (χ4n) is 2.99. The van der Waals surface area contributed by atoms with E-state index in [4.69, 9.17) is 0 Å². The second-order valence-electron chi connectivity index (χ2n) is 6.42. The van der Waals surface area contributed by atoms with Gasteiger partial charge in [0.1, 0.15) is 0 Å². The van der Waals surface area contributed by atoms with Gasteiger partial charge in [-0.1, -0.05) is 6.07 Å². The molecule has 0 spiro atoms. The number of carbonyl (C=O) groups excluding carboxylic acids is 1. The number of amides is 2. The van der Waals surface area contributed by atoms with Gasteiger partial charge in [0.25, 0.3) is 0 Å². The topological polar surface area (TPSA) is 85.4 Å². The maximum atomic E-state index is 12.1. The van der Waals surface area contributed by atoms with E-state index in [2.05, 4.69) is 16.4 Å². The highest BCUT2D eigenvalue weighted by atomic mass is 16.4. The van der Waals surface area contributed by atoms with Crippen molar-refractivity contribution in [2.45, 2.75) is 19.8 Å². The molecule has 23 heavy (non-hydrogen) atoms. The molecule has 2 heterocycles. The van der Waals surface area contributed by atoms with Crippen LogP contribution in [0.5, 0.6) is 0 Å². The summed E-state index contributed by atoms with van der Waals surface area (Å²) in [6.07, 6.45) is 3.15. The number of hydrogen-bond donors (Lipinski definition) is 3. The molecular weight excluding hydrogens is 294 g/mol. The molecule has 3 N–H and O–H groups in total. The van der Waals surface area contributed by atoms with Crippen molar-refractivity contribution in [1.29, 1.82) is 0 Å². The zero-order valence-electron chi connectivity index (χ0n) is 13.1. The molecule has 1 unspecified atom stereocenters. The van der Waals surface area contributed by atoms with Gasteiger partial charge in [-0.05, 0) is 48.9 Å². The standard InChI is InChI=1S/C17H21N3O3/c1-17(15(21)22)6-9-20(11-17)16(23)19-7-4-12-2-3-14-13(10-12)5-8-18-14/h2-3,5,8,10,18H,4,6-7,9,11H2,1H3,(H,19,23)(H,21,22). The van der Waals surface area contributed by atoms with Crippen LogP contribution in [0.1, 0.15) is 18.9 Å². The van der Waals surface area contributed by atoms with E-state index in [0.29, 0.717) is 19.5 Å². The van der Waals surface area contributed by atoms with Gasteiger partial charge in [-0.25, -0.2) is 4.79 Å². The molecule has 122 valence electrons. The molecule has 6 heteroatoms. The van der Waals surface area contributed by atoms with Gasteiger partial charge in [0.2, 0.25) is 0 Å². The van der Waals surface area contributed by atoms with E-state index in [1.165, 1.54) is 0 Å². The highest BCUT2D eigenvalue weighted by Gasteiger charge is 2.42. The van der Waals surface area contributed by atoms with Crippen LogP contribution in [-0.2, 0) is 11.2 Å². The molecule has 1 aromatic carbocycles. The first-order chi connectivity index (χ1) is 11.0. The third kappa shape index (κ3) is 3.16. The molecule has 0 aliphatic carbocycles. The monoisotopic (exact) mass is 315 g/mol. The quantitative estimate of drug-likeness (QED) is 0.808. The zero-order chi connectivity index (χ0) is 16.4. The number of urea groups is 1. The van der Waals surface area contributed by atoms with E-state index in [1.807, 2.05) is 24.4 Å². The molecule has 1 aromatic heterocycles. The van der Waals surface area contributed by atoms with Crippen LogP contribution < -0.4 is 5.32 Å². The molecule has 0 radical (unpaired) electrons. The van der Waals surface area contributed by atoms with Crippen molar-refractivity contribution in [3.63, 3.8) is 0 Å². The number of carboxylic acid groups (broad SMARTS) is 1. The summed E-state index contributed by atoms with van der Waals surface area (Å²) in [6.45, 7) is 2.98. The normalized spacial score (nSPS) is 20.8. The van der Waals surface area contributed by atoms with Crippen LogP contribution in [0.15, 0.2) is 30.5 Å². The Hall–Kier alpha value is -2.50. The van der Waals surface area contributed by atoms with Crippen molar-refractivity contribution >= 4 is 22.9 Å². The van der Waals surface area contributed by atoms with Crippen molar-refractivity contribution in [2.75, 3.05) is 19.6 Å². The Morgan fingerprint density at radius 1 is 1.39 bits per heavy atom. The maximum absolute atomic E-state index is 12.1. The lowest BCUT2D eigenvalue weighted by molar-refractivity contribution is -0.146. The van der Waals surface area contributed by atoms with Crippen molar-refractivity contribution in [3.8, 4) is 0 Å². The number of nitrogens with one attached hydrogen (secondary N) is 2. The summed E-state index contributed by atoms with van der Waals surface area (Å²) in [7, 11) is 0. The van der Waals surface area contributed by atoms with E-state index in [-0.39, 0.29) is 12.6 Å². The van der Waals surface area contributed by atoms with Gasteiger partial charge in [0.15, 0.2) is 0 Å². The van der Waals surface area contributed by atoms with E-state index in [0.717, 1.165) is 22.9 Å². The summed E-state index contributed by atoms with van der Waals surface area (Å²) < 4.78 is 0. The van der Waals surface area contributed by atoms with Gasteiger partial charge >= 0.3 is 12.0 Å². The summed E-state index contributed by atoms with van der Waals surface area (Å²) in [6, 6.07) is 8.02. The molecule has 6 nitrogen and oxygen atoms in total. The number of likely N-dealkylation sites (tertiary alicyclic amines) is 1. The molecule has 0 saturated carbocycles. The highest BCUT2D eigenvalue weighted by Crippen LogP contribution is 2.29. The van der Waals surface area contributed by atoms with Gasteiger partial charge in [-0.2, -0.15) is 0 Å². The number of H-pyrrole nitrogens is 1. The van der Waals surface area contributed by atoms with Crippen LogP contribution in [0.2, 0.25) is 0 Å². The minimum absolute atomic E-state index is 0.183. The van der Waals surface area contributed by atoms with Gasteiger partial charge < -0.3 is 20.3 Å². The van der Waals surface area contributed by atoms with E-state index < -0.39 is 11.4 Å². The SMILES string of the molecule is CC1(C(=O)O)CCN(C(=O)NCCc2ccc3[nH]ccc3c2)C1. The van der Waals surface area contributed by atoms with Crippen molar-refractivity contribution in [1.82, 2.24) is 15.2 Å². The molecular formula is C17H21N3O3. The van der Waals surface area contributed by atoms with Crippen LogP contribution >= 0.6 is 0 Å². The molecule has 2 amide bonds. The summed E-state index contributed by atoms with van der Waals surface area (Å²) in [5.74, 6) is -0.840. The molecule has 2 aromatic rings. The minimum Gasteiger partial charge on any atom is -0.481 e. The van der Waals surface area contributed by atoms with Gasteiger partial charge in [0, 0.05) is 31.3 Å². The first-order valence-corrected chi connectivity index (χ1v) is 7.80. The van der Waals surface area contributed by atoms with Crippen LogP contribution in [0, 0.1) is 5.41 Å².